The molecule has 0 unspecified atom stereocenters. The summed E-state index contributed by atoms with van der Waals surface area (Å²) in [5.74, 6) is -0.708. The highest BCUT2D eigenvalue weighted by Gasteiger charge is 2.16. The lowest BCUT2D eigenvalue weighted by atomic mass is 10.1. The Morgan fingerprint density at radius 2 is 2.23 bits per heavy atom. The number of hydrogen-bond donors (Lipinski definition) is 1. The molecule has 136 valence electrons. The number of ether oxygens (including phenoxy) is 1. The van der Waals surface area contributed by atoms with E-state index in [2.05, 4.69) is 15.4 Å². The van der Waals surface area contributed by atoms with E-state index < -0.39 is 23.5 Å². The van der Waals surface area contributed by atoms with Crippen molar-refractivity contribution in [2.45, 2.75) is 19.5 Å². The Bertz CT molecular complexity index is 1030. The van der Waals surface area contributed by atoms with Gasteiger partial charge in [0.15, 0.2) is 5.75 Å². The lowest BCUT2D eigenvalue weighted by Gasteiger charge is -2.14. The van der Waals surface area contributed by atoms with Gasteiger partial charge in [0, 0.05) is 0 Å². The molecule has 1 aromatic carbocycles. The zero-order valence-electron chi connectivity index (χ0n) is 13.9. The van der Waals surface area contributed by atoms with Gasteiger partial charge in [-0.3, -0.25) is 4.79 Å². The number of halogens is 2. The van der Waals surface area contributed by atoms with Crippen molar-refractivity contribution in [3.63, 3.8) is 0 Å². The topological polar surface area (TPSA) is 90.5 Å². The normalized spacial score (nSPS) is 12.2. The van der Waals surface area contributed by atoms with Crippen LogP contribution < -0.4 is 15.7 Å². The van der Waals surface area contributed by atoms with Gasteiger partial charge in [-0.25, -0.2) is 23.3 Å². The molecule has 3 rings (SSSR count). The van der Waals surface area contributed by atoms with Crippen LogP contribution in [0.1, 0.15) is 18.5 Å². The first-order valence-corrected chi connectivity index (χ1v) is 8.00. The van der Waals surface area contributed by atoms with Gasteiger partial charge in [-0.2, -0.15) is 0 Å². The molecule has 8 nitrogen and oxygen atoms in total. The van der Waals surface area contributed by atoms with Crippen LogP contribution >= 0.6 is 11.6 Å². The number of fused-ring (bicyclic) bond motifs is 1. The molecule has 2 aromatic heterocycles. The molecule has 2 heterocycles. The number of aromatic nitrogens is 4. The first kappa shape index (κ1) is 17.9. The van der Waals surface area contributed by atoms with Crippen LogP contribution in [0.2, 0.25) is 5.02 Å². The fraction of sp³-hybridized carbons (Fsp3) is 0.250. The molecule has 0 fully saturated rings. The van der Waals surface area contributed by atoms with Gasteiger partial charge >= 0.3 is 5.69 Å². The largest absolute Gasteiger partial charge is 0.491 e. The van der Waals surface area contributed by atoms with Crippen LogP contribution in [0, 0.1) is 5.82 Å². The van der Waals surface area contributed by atoms with Crippen molar-refractivity contribution < 1.29 is 13.9 Å². The smallest absolute Gasteiger partial charge is 0.352 e. The van der Waals surface area contributed by atoms with Gasteiger partial charge in [-0.1, -0.05) is 17.7 Å². The minimum absolute atomic E-state index is 0.00564. The van der Waals surface area contributed by atoms with Gasteiger partial charge in [0.2, 0.25) is 11.6 Å². The van der Waals surface area contributed by atoms with E-state index in [-0.39, 0.29) is 17.2 Å². The quantitative estimate of drug-likeness (QED) is 0.726. The Hall–Kier alpha value is -2.94. The summed E-state index contributed by atoms with van der Waals surface area (Å²) < 4.78 is 20.8. The molecule has 1 amide bonds. The Kier molecular flexibility index (Phi) is 4.90. The third kappa shape index (κ3) is 3.38. The van der Waals surface area contributed by atoms with E-state index in [1.54, 1.807) is 13.0 Å². The zero-order valence-corrected chi connectivity index (χ0v) is 14.7. The molecule has 0 radical (unpaired) electrons. The molecule has 3 aromatic rings. The summed E-state index contributed by atoms with van der Waals surface area (Å²) in [5, 5.41) is 6.79. The molecule has 0 aliphatic heterocycles. The molecule has 0 aliphatic rings. The van der Waals surface area contributed by atoms with Crippen molar-refractivity contribution in [3.05, 3.63) is 57.6 Å². The standard InChI is InChI=1S/C16H15ClFN5O3/c1-9(10-3-4-11(17)12(18)5-10)20-14(24)7-23-16(25)22-8-19-6-13(26-2)15(22)21-23/h3-6,8-9H,7H2,1-2H3,(H,20,24)/t9-/m0/s1. The number of methoxy groups -OCH3 is 1. The summed E-state index contributed by atoms with van der Waals surface area (Å²) >= 11 is 5.65. The van der Waals surface area contributed by atoms with Gasteiger partial charge in [-0.15, -0.1) is 5.10 Å². The second kappa shape index (κ2) is 7.12. The number of amides is 1. The van der Waals surface area contributed by atoms with Gasteiger partial charge in [0.25, 0.3) is 0 Å². The summed E-state index contributed by atoms with van der Waals surface area (Å²) in [6, 6.07) is 3.81. The molecule has 0 spiro atoms. The van der Waals surface area contributed by atoms with Crippen LogP contribution in [0.4, 0.5) is 4.39 Å². The van der Waals surface area contributed by atoms with E-state index in [1.165, 1.54) is 36.2 Å². The second-order valence-electron chi connectivity index (χ2n) is 5.56. The molecular weight excluding hydrogens is 365 g/mol. The van der Waals surface area contributed by atoms with Gasteiger partial charge in [0.1, 0.15) is 18.7 Å². The molecule has 0 bridgehead atoms. The number of nitrogens with zero attached hydrogens (tertiary/aromatic N) is 4. The summed E-state index contributed by atoms with van der Waals surface area (Å²) in [6.07, 6.45) is 2.71. The molecule has 0 saturated heterocycles. The Balaban J connectivity index is 1.77. The Labute approximate surface area is 152 Å². The van der Waals surface area contributed by atoms with Crippen molar-refractivity contribution in [3.8, 4) is 5.75 Å². The Morgan fingerprint density at radius 3 is 2.92 bits per heavy atom. The first-order chi connectivity index (χ1) is 12.4. The highest BCUT2D eigenvalue weighted by Crippen LogP contribution is 2.20. The van der Waals surface area contributed by atoms with Gasteiger partial charge in [0.05, 0.1) is 24.4 Å². The van der Waals surface area contributed by atoms with Gasteiger partial charge < -0.3 is 10.1 Å². The third-order valence-electron chi connectivity index (χ3n) is 3.80. The predicted octanol–water partition coefficient (Wildman–Crippen LogP) is 1.57. The minimum Gasteiger partial charge on any atom is -0.491 e. The summed E-state index contributed by atoms with van der Waals surface area (Å²) in [7, 11) is 1.43. The van der Waals surface area contributed by atoms with E-state index in [4.69, 9.17) is 16.3 Å². The van der Waals surface area contributed by atoms with E-state index in [9.17, 15) is 14.0 Å². The number of benzene rings is 1. The van der Waals surface area contributed by atoms with Crippen LogP contribution in [0.25, 0.3) is 5.65 Å². The number of rotatable bonds is 5. The molecular formula is C16H15ClFN5O3. The van der Waals surface area contributed by atoms with E-state index >= 15 is 0 Å². The zero-order chi connectivity index (χ0) is 18.8. The fourth-order valence-corrected chi connectivity index (χ4v) is 2.57. The maximum Gasteiger partial charge on any atom is 0.352 e. The second-order valence-corrected chi connectivity index (χ2v) is 5.97. The van der Waals surface area contributed by atoms with Crippen LogP contribution in [-0.4, -0.2) is 32.2 Å². The lowest BCUT2D eigenvalue weighted by molar-refractivity contribution is -0.122. The summed E-state index contributed by atoms with van der Waals surface area (Å²) in [6.45, 7) is 1.39. The summed E-state index contributed by atoms with van der Waals surface area (Å²) in [5.41, 5.74) is 0.285. The SMILES string of the molecule is COc1cncn2c(=O)n(CC(=O)N[C@@H](C)c3ccc(Cl)c(F)c3)nc12. The number of nitrogens with one attached hydrogen (secondary N) is 1. The molecule has 0 saturated carbocycles. The molecule has 26 heavy (non-hydrogen) atoms. The third-order valence-corrected chi connectivity index (χ3v) is 4.11. The maximum absolute atomic E-state index is 13.5. The average Bonchev–Trinajstić information content (AvgIpc) is 2.93. The van der Waals surface area contributed by atoms with E-state index in [0.29, 0.717) is 11.3 Å². The van der Waals surface area contributed by atoms with Crippen LogP contribution in [0.3, 0.4) is 0 Å². The summed E-state index contributed by atoms with van der Waals surface area (Å²) in [4.78, 5) is 28.4. The van der Waals surface area contributed by atoms with Crippen LogP contribution in [0.5, 0.6) is 5.75 Å². The Morgan fingerprint density at radius 1 is 1.46 bits per heavy atom. The van der Waals surface area contributed by atoms with Crippen molar-refractivity contribution in [2.24, 2.45) is 0 Å². The minimum atomic E-state index is -0.568. The van der Waals surface area contributed by atoms with Crippen molar-refractivity contribution in [1.29, 1.82) is 0 Å². The van der Waals surface area contributed by atoms with Crippen molar-refractivity contribution in [2.75, 3.05) is 7.11 Å². The number of hydrogen-bond acceptors (Lipinski definition) is 5. The molecule has 1 N–H and O–H groups in total. The van der Waals surface area contributed by atoms with E-state index in [1.807, 2.05) is 0 Å². The average molecular weight is 380 g/mol. The molecule has 1 atom stereocenters. The fourth-order valence-electron chi connectivity index (χ4n) is 2.45. The van der Waals surface area contributed by atoms with Crippen molar-refractivity contribution in [1.82, 2.24) is 24.5 Å². The number of carbonyl (C=O) groups is 1. The maximum atomic E-state index is 13.5. The van der Waals surface area contributed by atoms with Crippen LogP contribution in [-0.2, 0) is 11.3 Å². The molecule has 10 heteroatoms. The predicted molar refractivity (Wildman–Crippen MR) is 91.8 cm³/mol. The number of carbonyl (C=O) groups excluding carboxylic acids is 1. The highest BCUT2D eigenvalue weighted by atomic mass is 35.5. The van der Waals surface area contributed by atoms with Gasteiger partial charge in [-0.05, 0) is 24.6 Å². The first-order valence-electron chi connectivity index (χ1n) is 7.62. The monoisotopic (exact) mass is 379 g/mol. The molecule has 0 aliphatic carbocycles. The highest BCUT2D eigenvalue weighted by molar-refractivity contribution is 6.30. The van der Waals surface area contributed by atoms with E-state index in [0.717, 1.165) is 4.68 Å². The van der Waals surface area contributed by atoms with Crippen LogP contribution in [0.15, 0.2) is 35.5 Å². The lowest BCUT2D eigenvalue weighted by Crippen LogP contribution is -2.34. The van der Waals surface area contributed by atoms with Crippen molar-refractivity contribution >= 4 is 23.2 Å².